The maximum Gasteiger partial charge on any atom is 0.228 e. The lowest BCUT2D eigenvalue weighted by atomic mass is 9.99. The zero-order valence-corrected chi connectivity index (χ0v) is 19.0. The van der Waals surface area contributed by atoms with Crippen LogP contribution in [0.15, 0.2) is 54.7 Å². The van der Waals surface area contributed by atoms with Gasteiger partial charge >= 0.3 is 0 Å². The standard InChI is InChI=1S/C24H21ClN6O3/c1-2-34-22-8-5-14(12-26-22)17-11-21(32)20(10-18(17)23-28-30-31-29-23)27-24(33)19-9-16(19)13-3-6-15(25)7-4-13/h3-8,10-12,16,19,32H,2,9H2,1H3,(H,27,33)(H,28,29,30,31). The maximum absolute atomic E-state index is 12.9. The van der Waals surface area contributed by atoms with Crippen molar-refractivity contribution in [2.24, 2.45) is 5.92 Å². The number of hydrogen-bond donors (Lipinski definition) is 3. The number of tetrazole rings is 1. The third kappa shape index (κ3) is 4.42. The number of phenols is 1. The number of pyridine rings is 1. The molecule has 5 rings (SSSR count). The molecule has 0 bridgehead atoms. The van der Waals surface area contributed by atoms with Crippen LogP contribution in [0.2, 0.25) is 5.02 Å². The molecule has 1 saturated carbocycles. The number of nitrogens with one attached hydrogen (secondary N) is 2. The third-order valence-electron chi connectivity index (χ3n) is 5.76. The number of anilines is 1. The number of aromatic nitrogens is 5. The van der Waals surface area contributed by atoms with E-state index < -0.39 is 0 Å². The van der Waals surface area contributed by atoms with Crippen LogP contribution in [0.5, 0.6) is 11.6 Å². The lowest BCUT2D eigenvalue weighted by Gasteiger charge is -2.13. The van der Waals surface area contributed by atoms with Crippen molar-refractivity contribution in [1.29, 1.82) is 0 Å². The van der Waals surface area contributed by atoms with Gasteiger partial charge in [-0.15, -0.1) is 5.10 Å². The SMILES string of the molecule is CCOc1ccc(-c2cc(O)c(NC(=O)C3CC3c3ccc(Cl)cc3)cc2-c2nnn[nH]2)cn1. The van der Waals surface area contributed by atoms with E-state index in [1.165, 1.54) is 0 Å². The Bertz CT molecular complexity index is 1310. The summed E-state index contributed by atoms with van der Waals surface area (Å²) in [7, 11) is 0. The number of H-pyrrole nitrogens is 1. The Hall–Kier alpha value is -3.98. The van der Waals surface area contributed by atoms with Crippen molar-refractivity contribution in [1.82, 2.24) is 25.6 Å². The van der Waals surface area contributed by atoms with Crippen LogP contribution in [0.1, 0.15) is 24.8 Å². The largest absolute Gasteiger partial charge is 0.506 e. The first-order valence-corrected chi connectivity index (χ1v) is 11.2. The van der Waals surface area contributed by atoms with Crippen LogP contribution < -0.4 is 10.1 Å². The van der Waals surface area contributed by atoms with Crippen LogP contribution >= 0.6 is 11.6 Å². The summed E-state index contributed by atoms with van der Waals surface area (Å²) in [5.74, 6) is 0.619. The number of ether oxygens (including phenoxy) is 1. The first-order chi connectivity index (χ1) is 16.5. The van der Waals surface area contributed by atoms with Crippen LogP contribution in [0.25, 0.3) is 22.5 Å². The van der Waals surface area contributed by atoms with Crippen LogP contribution in [0, 0.1) is 5.92 Å². The summed E-state index contributed by atoms with van der Waals surface area (Å²) in [6.45, 7) is 2.39. The molecular weight excluding hydrogens is 456 g/mol. The highest BCUT2D eigenvalue weighted by molar-refractivity contribution is 6.30. The topological polar surface area (TPSA) is 126 Å². The second kappa shape index (κ2) is 9.11. The van der Waals surface area contributed by atoms with E-state index >= 15 is 0 Å². The molecule has 0 radical (unpaired) electrons. The van der Waals surface area contributed by atoms with Gasteiger partial charge in [0.05, 0.1) is 12.3 Å². The molecule has 1 aliphatic carbocycles. The van der Waals surface area contributed by atoms with Crippen LogP contribution in [-0.4, -0.2) is 43.2 Å². The second-order valence-corrected chi connectivity index (χ2v) is 8.41. The van der Waals surface area contributed by atoms with Crippen molar-refractivity contribution in [3.63, 3.8) is 0 Å². The highest BCUT2D eigenvalue weighted by Gasteiger charge is 2.44. The minimum Gasteiger partial charge on any atom is -0.506 e. The smallest absolute Gasteiger partial charge is 0.228 e. The van der Waals surface area contributed by atoms with Gasteiger partial charge in [0.1, 0.15) is 5.75 Å². The van der Waals surface area contributed by atoms with Crippen LogP contribution in [0.4, 0.5) is 5.69 Å². The number of nitrogens with zero attached hydrogens (tertiary/aromatic N) is 4. The van der Waals surface area contributed by atoms with E-state index in [2.05, 4.69) is 30.9 Å². The molecule has 2 aromatic carbocycles. The summed E-state index contributed by atoms with van der Waals surface area (Å²) in [4.78, 5) is 17.2. The molecular formula is C24H21ClN6O3. The molecule has 1 amide bonds. The van der Waals surface area contributed by atoms with Gasteiger partial charge in [-0.3, -0.25) is 4.79 Å². The van der Waals surface area contributed by atoms with Gasteiger partial charge in [0.15, 0.2) is 5.82 Å². The van der Waals surface area contributed by atoms with Crippen molar-refractivity contribution in [2.75, 3.05) is 11.9 Å². The summed E-state index contributed by atoms with van der Waals surface area (Å²) < 4.78 is 5.41. The van der Waals surface area contributed by atoms with Gasteiger partial charge in [-0.1, -0.05) is 23.7 Å². The predicted octanol–water partition coefficient (Wildman–Crippen LogP) is 4.43. The average molecular weight is 477 g/mol. The molecule has 4 aromatic rings. The van der Waals surface area contributed by atoms with Gasteiger partial charge < -0.3 is 15.2 Å². The molecule has 34 heavy (non-hydrogen) atoms. The van der Waals surface area contributed by atoms with Gasteiger partial charge in [-0.05, 0) is 71.1 Å². The average Bonchev–Trinajstić information content (AvgIpc) is 3.46. The number of benzene rings is 2. The van der Waals surface area contributed by atoms with E-state index in [0.29, 0.717) is 34.5 Å². The zero-order chi connectivity index (χ0) is 23.7. The fourth-order valence-electron chi connectivity index (χ4n) is 3.96. The molecule has 0 aliphatic heterocycles. The summed E-state index contributed by atoms with van der Waals surface area (Å²) in [5, 5.41) is 28.3. The van der Waals surface area contributed by atoms with E-state index in [9.17, 15) is 9.90 Å². The quantitative estimate of drug-likeness (QED) is 0.337. The second-order valence-electron chi connectivity index (χ2n) is 7.97. The predicted molar refractivity (Wildman–Crippen MR) is 127 cm³/mol. The van der Waals surface area contributed by atoms with E-state index in [4.69, 9.17) is 16.3 Å². The Balaban J connectivity index is 1.42. The Morgan fingerprint density at radius 2 is 2.03 bits per heavy atom. The minimum atomic E-state index is -0.175. The number of aromatic hydroxyl groups is 1. The van der Waals surface area contributed by atoms with E-state index in [-0.39, 0.29) is 29.2 Å². The number of phenolic OH excluding ortho intramolecular Hbond substituents is 1. The van der Waals surface area contributed by atoms with Gasteiger partial charge in [-0.25, -0.2) is 10.1 Å². The molecule has 2 unspecified atom stereocenters. The van der Waals surface area contributed by atoms with Gasteiger partial charge in [-0.2, -0.15) is 0 Å². The van der Waals surface area contributed by atoms with E-state index in [1.807, 2.05) is 37.3 Å². The molecule has 2 atom stereocenters. The van der Waals surface area contributed by atoms with Gasteiger partial charge in [0, 0.05) is 34.3 Å². The molecule has 3 N–H and O–H groups in total. The van der Waals surface area contributed by atoms with Crippen molar-refractivity contribution >= 4 is 23.2 Å². The number of hydrogen-bond acceptors (Lipinski definition) is 7. The fraction of sp³-hybridized carbons (Fsp3) is 0.208. The van der Waals surface area contributed by atoms with Crippen molar-refractivity contribution < 1.29 is 14.6 Å². The lowest BCUT2D eigenvalue weighted by molar-refractivity contribution is -0.117. The number of rotatable bonds is 7. The molecule has 9 nitrogen and oxygen atoms in total. The molecule has 2 aromatic heterocycles. The summed E-state index contributed by atoms with van der Waals surface area (Å²) in [5.41, 5.74) is 3.33. The normalized spacial score (nSPS) is 16.8. The van der Waals surface area contributed by atoms with Crippen LogP contribution in [-0.2, 0) is 4.79 Å². The van der Waals surface area contributed by atoms with E-state index in [0.717, 1.165) is 17.5 Å². The Morgan fingerprint density at radius 1 is 1.21 bits per heavy atom. The Labute approximate surface area is 200 Å². The number of halogens is 1. The molecule has 0 spiro atoms. The third-order valence-corrected chi connectivity index (χ3v) is 6.01. The highest BCUT2D eigenvalue weighted by atomic mass is 35.5. The molecule has 2 heterocycles. The minimum absolute atomic E-state index is 0.0721. The number of carbonyl (C=O) groups excluding carboxylic acids is 1. The highest BCUT2D eigenvalue weighted by Crippen LogP contribution is 2.48. The summed E-state index contributed by atoms with van der Waals surface area (Å²) in [6, 6.07) is 14.3. The molecule has 10 heteroatoms. The summed E-state index contributed by atoms with van der Waals surface area (Å²) in [6.07, 6.45) is 2.38. The van der Waals surface area contributed by atoms with E-state index in [1.54, 1.807) is 24.4 Å². The Kier molecular flexibility index (Phi) is 5.85. The maximum atomic E-state index is 12.9. The molecule has 172 valence electrons. The molecule has 0 saturated heterocycles. The van der Waals surface area contributed by atoms with Crippen molar-refractivity contribution in [3.8, 4) is 34.1 Å². The first-order valence-electron chi connectivity index (χ1n) is 10.8. The van der Waals surface area contributed by atoms with Crippen molar-refractivity contribution in [3.05, 3.63) is 65.3 Å². The number of aromatic amines is 1. The molecule has 1 fully saturated rings. The van der Waals surface area contributed by atoms with Gasteiger partial charge in [0.25, 0.3) is 0 Å². The lowest BCUT2D eigenvalue weighted by Crippen LogP contribution is -2.15. The summed E-state index contributed by atoms with van der Waals surface area (Å²) >= 11 is 5.96. The number of carbonyl (C=O) groups is 1. The van der Waals surface area contributed by atoms with Crippen LogP contribution in [0.3, 0.4) is 0 Å². The first kappa shape index (κ1) is 21.8. The molecule has 1 aliphatic rings. The monoisotopic (exact) mass is 476 g/mol. The number of amides is 1. The Morgan fingerprint density at radius 3 is 2.71 bits per heavy atom. The zero-order valence-electron chi connectivity index (χ0n) is 18.2. The van der Waals surface area contributed by atoms with Crippen molar-refractivity contribution in [2.45, 2.75) is 19.3 Å². The fourth-order valence-corrected chi connectivity index (χ4v) is 4.08. The van der Waals surface area contributed by atoms with Gasteiger partial charge in [0.2, 0.25) is 11.8 Å².